The third-order valence-corrected chi connectivity index (χ3v) is 3.44. The number of hydrogen-bond donors (Lipinski definition) is 0. The van der Waals surface area contributed by atoms with Crippen LogP contribution in [0.15, 0.2) is 21.4 Å². The van der Waals surface area contributed by atoms with Crippen LogP contribution < -0.4 is 0 Å². The highest BCUT2D eigenvalue weighted by atomic mass is 79.9. The Morgan fingerprint density at radius 1 is 1.50 bits per heavy atom. The van der Waals surface area contributed by atoms with E-state index in [0.29, 0.717) is 10.5 Å². The molecular weight excluding hydrogens is 288 g/mol. The van der Waals surface area contributed by atoms with Crippen LogP contribution in [0.2, 0.25) is 0 Å². The van der Waals surface area contributed by atoms with E-state index in [9.17, 15) is 0 Å². The van der Waals surface area contributed by atoms with Crippen LogP contribution in [0.25, 0.3) is 10.6 Å². The zero-order valence-electron chi connectivity index (χ0n) is 7.04. The average Bonchev–Trinajstić information content (AvgIpc) is 2.74. The number of aromatic nitrogens is 2. The molecule has 0 fully saturated rings. The Kier molecular flexibility index (Phi) is 3.20. The van der Waals surface area contributed by atoms with Crippen molar-refractivity contribution in [1.29, 1.82) is 0 Å². The quantitative estimate of drug-likeness (QED) is 0.815. The maximum Gasteiger partial charge on any atom is 0.179 e. The second kappa shape index (κ2) is 4.42. The second-order valence-electron chi connectivity index (χ2n) is 2.55. The Balaban J connectivity index is 2.29. The lowest BCUT2D eigenvalue weighted by Crippen LogP contribution is -1.82. The molecule has 14 heavy (non-hydrogen) atoms. The molecule has 0 saturated heterocycles. The van der Waals surface area contributed by atoms with Gasteiger partial charge in [-0.25, -0.2) is 0 Å². The molecule has 2 heterocycles. The normalized spacial score (nSPS) is 10.7. The molecule has 2 aromatic heterocycles. The molecule has 0 spiro atoms. The summed E-state index contributed by atoms with van der Waals surface area (Å²) in [6.07, 6.45) is 2.37. The summed E-state index contributed by atoms with van der Waals surface area (Å²) >= 11 is 10.4. The van der Waals surface area contributed by atoms with Crippen LogP contribution in [0.3, 0.4) is 0 Å². The maximum absolute atomic E-state index is 5.61. The fourth-order valence-corrected chi connectivity index (χ4v) is 2.70. The molecule has 3 nitrogen and oxygen atoms in total. The fraction of sp³-hybridized carbons (Fsp3) is 0.250. The van der Waals surface area contributed by atoms with Gasteiger partial charge in [-0.05, 0) is 22.0 Å². The van der Waals surface area contributed by atoms with Gasteiger partial charge in [0.25, 0.3) is 0 Å². The minimum absolute atomic E-state index is 0.571. The van der Waals surface area contributed by atoms with E-state index in [1.165, 1.54) is 11.3 Å². The zero-order chi connectivity index (χ0) is 9.97. The fourth-order valence-electron chi connectivity index (χ4n) is 0.990. The van der Waals surface area contributed by atoms with E-state index < -0.39 is 0 Å². The van der Waals surface area contributed by atoms with Gasteiger partial charge in [0.2, 0.25) is 0 Å². The van der Waals surface area contributed by atoms with Crippen molar-refractivity contribution in [2.75, 3.05) is 5.88 Å². The third-order valence-electron chi connectivity index (χ3n) is 1.62. The van der Waals surface area contributed by atoms with Crippen LogP contribution >= 0.6 is 38.9 Å². The molecule has 0 atom stereocenters. The van der Waals surface area contributed by atoms with E-state index in [-0.39, 0.29) is 0 Å². The average molecular weight is 294 g/mol. The summed E-state index contributed by atoms with van der Waals surface area (Å²) in [7, 11) is 0. The van der Waals surface area contributed by atoms with Crippen molar-refractivity contribution >= 4 is 38.9 Å². The number of alkyl halides is 1. The summed E-state index contributed by atoms with van der Waals surface area (Å²) in [6.45, 7) is 0. The van der Waals surface area contributed by atoms with Crippen molar-refractivity contribution in [3.63, 3.8) is 0 Å². The Morgan fingerprint density at radius 3 is 3.00 bits per heavy atom. The molecule has 0 aliphatic heterocycles. The molecule has 0 aromatic carbocycles. The van der Waals surface area contributed by atoms with Crippen LogP contribution in [0, 0.1) is 0 Å². The number of aryl methyl sites for hydroxylation is 1. The van der Waals surface area contributed by atoms with Crippen molar-refractivity contribution in [2.45, 2.75) is 6.42 Å². The molecule has 0 aliphatic carbocycles. The highest BCUT2D eigenvalue weighted by Gasteiger charge is 2.11. The van der Waals surface area contributed by atoms with Crippen molar-refractivity contribution < 1.29 is 4.42 Å². The predicted octanol–water partition coefficient (Wildman–Crippen LogP) is 3.34. The van der Waals surface area contributed by atoms with Gasteiger partial charge in [0.05, 0.1) is 11.8 Å². The summed E-state index contributed by atoms with van der Waals surface area (Å²) in [5, 5.41) is 9.88. The second-order valence-corrected chi connectivity index (χ2v) is 4.71. The molecule has 2 aromatic rings. The largest absolute Gasteiger partial charge is 0.457 e. The molecule has 0 bridgehead atoms. The smallest absolute Gasteiger partial charge is 0.179 e. The molecule has 2 rings (SSSR count). The first-order valence-electron chi connectivity index (χ1n) is 3.93. The monoisotopic (exact) mass is 292 g/mol. The third kappa shape index (κ3) is 1.99. The zero-order valence-corrected chi connectivity index (χ0v) is 10.2. The molecule has 0 unspecified atom stereocenters. The van der Waals surface area contributed by atoms with E-state index in [1.807, 2.05) is 6.07 Å². The standard InChI is InChI=1S/C8H6BrClN2OS/c9-7-5(2-4-13-7)8-12-11-6(14-8)1-3-10/h2,4H,1,3H2. The molecule has 6 heteroatoms. The predicted molar refractivity (Wildman–Crippen MR) is 59.7 cm³/mol. The maximum atomic E-state index is 5.61. The minimum Gasteiger partial charge on any atom is -0.457 e. The van der Waals surface area contributed by atoms with Crippen LogP contribution in [-0.2, 0) is 6.42 Å². The van der Waals surface area contributed by atoms with E-state index in [4.69, 9.17) is 16.0 Å². The Bertz CT molecular complexity index is 428. The SMILES string of the molecule is ClCCc1nnc(-c2ccoc2Br)s1. The first-order chi connectivity index (χ1) is 6.81. The van der Waals surface area contributed by atoms with Gasteiger partial charge in [-0.15, -0.1) is 21.8 Å². The van der Waals surface area contributed by atoms with Crippen molar-refractivity contribution in [3.8, 4) is 10.6 Å². The van der Waals surface area contributed by atoms with Crippen LogP contribution in [0.5, 0.6) is 0 Å². The van der Waals surface area contributed by atoms with E-state index in [2.05, 4.69) is 26.1 Å². The molecule has 0 radical (unpaired) electrons. The number of halogens is 2. The summed E-state index contributed by atoms with van der Waals surface area (Å²) in [5.41, 5.74) is 0.934. The Labute approximate surface area is 98.2 Å². The van der Waals surface area contributed by atoms with E-state index >= 15 is 0 Å². The van der Waals surface area contributed by atoms with Gasteiger partial charge in [-0.1, -0.05) is 11.3 Å². The number of rotatable bonds is 3. The van der Waals surface area contributed by atoms with E-state index in [1.54, 1.807) is 6.26 Å². The van der Waals surface area contributed by atoms with Gasteiger partial charge in [0.15, 0.2) is 9.68 Å². The van der Waals surface area contributed by atoms with Crippen molar-refractivity contribution in [2.24, 2.45) is 0 Å². The van der Waals surface area contributed by atoms with Crippen molar-refractivity contribution in [3.05, 3.63) is 22.0 Å². The van der Waals surface area contributed by atoms with Crippen LogP contribution in [-0.4, -0.2) is 16.1 Å². The van der Waals surface area contributed by atoms with Gasteiger partial charge >= 0.3 is 0 Å². The first-order valence-corrected chi connectivity index (χ1v) is 6.07. The highest BCUT2D eigenvalue weighted by molar-refractivity contribution is 9.10. The molecular formula is C8H6BrClN2OS. The summed E-state index contributed by atoms with van der Waals surface area (Å²) in [6, 6.07) is 1.86. The molecule has 74 valence electrons. The summed E-state index contributed by atoms with van der Waals surface area (Å²) in [5.74, 6) is 0.571. The molecule has 0 amide bonds. The lowest BCUT2D eigenvalue weighted by atomic mass is 10.4. The topological polar surface area (TPSA) is 38.9 Å². The molecule has 0 aliphatic rings. The first kappa shape index (κ1) is 10.1. The Morgan fingerprint density at radius 2 is 2.36 bits per heavy atom. The number of hydrogen-bond acceptors (Lipinski definition) is 4. The summed E-state index contributed by atoms with van der Waals surface area (Å²) < 4.78 is 5.80. The van der Waals surface area contributed by atoms with Crippen LogP contribution in [0.4, 0.5) is 0 Å². The minimum atomic E-state index is 0.571. The lowest BCUT2D eigenvalue weighted by molar-refractivity contribution is 0.542. The van der Waals surface area contributed by atoms with Gasteiger partial charge < -0.3 is 4.42 Å². The van der Waals surface area contributed by atoms with Gasteiger partial charge in [0, 0.05) is 12.3 Å². The van der Waals surface area contributed by atoms with Gasteiger partial charge in [-0.3, -0.25) is 0 Å². The van der Waals surface area contributed by atoms with E-state index in [0.717, 1.165) is 22.0 Å². The van der Waals surface area contributed by atoms with Crippen molar-refractivity contribution in [1.82, 2.24) is 10.2 Å². The van der Waals surface area contributed by atoms with Gasteiger partial charge in [0.1, 0.15) is 5.01 Å². The number of nitrogens with zero attached hydrogens (tertiary/aromatic N) is 2. The Hall–Kier alpha value is -0.390. The lowest BCUT2D eigenvalue weighted by Gasteiger charge is -1.87. The molecule has 0 saturated carbocycles. The van der Waals surface area contributed by atoms with Crippen LogP contribution in [0.1, 0.15) is 5.01 Å². The number of furan rings is 1. The molecule has 0 N–H and O–H groups in total. The summed E-state index contributed by atoms with van der Waals surface area (Å²) in [4.78, 5) is 0. The highest BCUT2D eigenvalue weighted by Crippen LogP contribution is 2.31. The van der Waals surface area contributed by atoms with Gasteiger partial charge in [-0.2, -0.15) is 0 Å².